The molecule has 3 N–H and O–H groups in total. The van der Waals surface area contributed by atoms with Crippen LogP contribution in [0.25, 0.3) is 0 Å². The van der Waals surface area contributed by atoms with E-state index in [9.17, 15) is 9.59 Å². The molecule has 1 aromatic carbocycles. The fourth-order valence-corrected chi connectivity index (χ4v) is 2.61. The molecule has 0 aliphatic carbocycles. The number of thiocarbonyl (C=S) groups is 1. The van der Waals surface area contributed by atoms with Crippen LogP contribution < -0.4 is 25.8 Å². The molecule has 0 saturated heterocycles. The number of nitrogens with one attached hydrogen (secondary N) is 3. The Morgan fingerprint density at radius 2 is 2.16 bits per heavy atom. The number of amides is 2. The fraction of sp³-hybridized carbons (Fsp3) is 0.438. The monoisotopic (exact) mass is 366 g/mol. The van der Waals surface area contributed by atoms with Crippen LogP contribution in [0.4, 0.5) is 5.69 Å². The molecule has 0 saturated carbocycles. The zero-order valence-corrected chi connectivity index (χ0v) is 15.0. The molecule has 0 bridgehead atoms. The number of methoxy groups -OCH3 is 1. The number of rotatable bonds is 6. The molecule has 8 nitrogen and oxygen atoms in total. The van der Waals surface area contributed by atoms with Crippen molar-refractivity contribution >= 4 is 34.8 Å². The average Bonchev–Trinajstić information content (AvgIpc) is 2.59. The van der Waals surface area contributed by atoms with Crippen molar-refractivity contribution in [3.8, 4) is 5.75 Å². The molecule has 1 atom stereocenters. The van der Waals surface area contributed by atoms with Crippen LogP contribution in [0, 0.1) is 0 Å². The topological polar surface area (TPSA) is 91.9 Å². The number of hydrazine groups is 1. The van der Waals surface area contributed by atoms with E-state index in [0.717, 1.165) is 0 Å². The van der Waals surface area contributed by atoms with Gasteiger partial charge in [-0.1, -0.05) is 12.1 Å². The highest BCUT2D eigenvalue weighted by molar-refractivity contribution is 7.80. The van der Waals surface area contributed by atoms with Crippen LogP contribution in [-0.2, 0) is 14.3 Å². The van der Waals surface area contributed by atoms with Gasteiger partial charge in [0.05, 0.1) is 12.3 Å². The van der Waals surface area contributed by atoms with E-state index in [2.05, 4.69) is 16.2 Å². The molecule has 1 aliphatic heterocycles. The largest absolute Gasteiger partial charge is 0.482 e. The van der Waals surface area contributed by atoms with Crippen molar-refractivity contribution in [2.75, 3.05) is 31.8 Å². The Kier molecular flexibility index (Phi) is 6.96. The molecule has 1 aromatic rings. The summed E-state index contributed by atoms with van der Waals surface area (Å²) in [7, 11) is 1.60. The van der Waals surface area contributed by atoms with Crippen LogP contribution in [0.2, 0.25) is 0 Å². The zero-order chi connectivity index (χ0) is 18.2. The molecule has 0 unspecified atom stereocenters. The van der Waals surface area contributed by atoms with Crippen LogP contribution in [0.5, 0.6) is 5.75 Å². The standard InChI is InChI=1S/C16H22N4O4S/c1-11(9-23-2)17-16(25)19-18-14(21)7-8-20-12-5-3-4-6-13(12)24-10-15(20)22/h3-6,11H,7-10H2,1-2H3,(H,18,21)(H2,17,19,25)/t11-/m1/s1. The van der Waals surface area contributed by atoms with Gasteiger partial charge < -0.3 is 19.7 Å². The lowest BCUT2D eigenvalue weighted by Crippen LogP contribution is -2.50. The van der Waals surface area contributed by atoms with Gasteiger partial charge >= 0.3 is 0 Å². The number of hydrogen-bond acceptors (Lipinski definition) is 5. The van der Waals surface area contributed by atoms with E-state index < -0.39 is 0 Å². The predicted octanol–water partition coefficient (Wildman–Crippen LogP) is 0.332. The van der Waals surface area contributed by atoms with E-state index in [0.29, 0.717) is 23.2 Å². The second kappa shape index (κ2) is 9.19. The fourth-order valence-electron chi connectivity index (χ4n) is 2.35. The Balaban J connectivity index is 1.78. The number of nitrogens with zero attached hydrogens (tertiary/aromatic N) is 1. The summed E-state index contributed by atoms with van der Waals surface area (Å²) in [6.45, 7) is 2.63. The summed E-state index contributed by atoms with van der Waals surface area (Å²) in [5.74, 6) is 0.184. The number of carbonyl (C=O) groups excluding carboxylic acids is 2. The Hall–Kier alpha value is -2.39. The van der Waals surface area contributed by atoms with Crippen molar-refractivity contribution < 1.29 is 19.1 Å². The lowest BCUT2D eigenvalue weighted by molar-refractivity contribution is -0.122. The van der Waals surface area contributed by atoms with Crippen LogP contribution in [0.1, 0.15) is 13.3 Å². The third-order valence-electron chi connectivity index (χ3n) is 3.48. The van der Waals surface area contributed by atoms with Gasteiger partial charge in [-0.05, 0) is 31.3 Å². The molecule has 1 aliphatic rings. The number of fused-ring (bicyclic) bond motifs is 1. The third-order valence-corrected chi connectivity index (χ3v) is 3.70. The molecule has 0 aromatic heterocycles. The Morgan fingerprint density at radius 1 is 1.40 bits per heavy atom. The summed E-state index contributed by atoms with van der Waals surface area (Å²) in [6.07, 6.45) is 0.128. The molecular formula is C16H22N4O4S. The predicted molar refractivity (Wildman–Crippen MR) is 97.3 cm³/mol. The first-order chi connectivity index (χ1) is 12.0. The highest BCUT2D eigenvalue weighted by Crippen LogP contribution is 2.31. The Bertz CT molecular complexity index is 640. The maximum atomic E-state index is 12.0. The van der Waals surface area contributed by atoms with Gasteiger partial charge in [-0.25, -0.2) is 0 Å². The summed E-state index contributed by atoms with van der Waals surface area (Å²) < 4.78 is 10.4. The van der Waals surface area contributed by atoms with Crippen molar-refractivity contribution in [1.29, 1.82) is 0 Å². The maximum absolute atomic E-state index is 12.0. The second-order valence-electron chi connectivity index (χ2n) is 5.55. The first kappa shape index (κ1) is 18.9. The molecular weight excluding hydrogens is 344 g/mol. The summed E-state index contributed by atoms with van der Waals surface area (Å²) >= 11 is 5.07. The van der Waals surface area contributed by atoms with Crippen LogP contribution >= 0.6 is 12.2 Å². The smallest absolute Gasteiger partial charge is 0.265 e. The molecule has 0 radical (unpaired) electrons. The van der Waals surface area contributed by atoms with E-state index in [-0.39, 0.29) is 37.4 Å². The summed E-state index contributed by atoms with van der Waals surface area (Å²) in [4.78, 5) is 25.5. The van der Waals surface area contributed by atoms with Gasteiger partial charge in [-0.2, -0.15) is 0 Å². The van der Waals surface area contributed by atoms with Gasteiger partial charge in [-0.15, -0.1) is 0 Å². The first-order valence-electron chi connectivity index (χ1n) is 7.87. The molecule has 1 heterocycles. The molecule has 0 spiro atoms. The van der Waals surface area contributed by atoms with Crippen molar-refractivity contribution in [3.63, 3.8) is 0 Å². The quantitative estimate of drug-likeness (QED) is 0.494. The van der Waals surface area contributed by atoms with Gasteiger partial charge in [0, 0.05) is 26.1 Å². The Morgan fingerprint density at radius 3 is 2.92 bits per heavy atom. The van der Waals surface area contributed by atoms with Gasteiger partial charge in [0.2, 0.25) is 5.91 Å². The minimum Gasteiger partial charge on any atom is -0.482 e. The van der Waals surface area contributed by atoms with Crippen LogP contribution in [0.3, 0.4) is 0 Å². The van der Waals surface area contributed by atoms with Crippen LogP contribution in [0.15, 0.2) is 24.3 Å². The summed E-state index contributed by atoms with van der Waals surface area (Å²) in [5, 5.41) is 3.26. The summed E-state index contributed by atoms with van der Waals surface area (Å²) in [5.41, 5.74) is 5.80. The van der Waals surface area contributed by atoms with Gasteiger partial charge in [0.1, 0.15) is 5.75 Å². The highest BCUT2D eigenvalue weighted by atomic mass is 32.1. The lowest BCUT2D eigenvalue weighted by atomic mass is 10.2. The van der Waals surface area contributed by atoms with Crippen molar-refractivity contribution in [3.05, 3.63) is 24.3 Å². The molecule has 136 valence electrons. The van der Waals surface area contributed by atoms with E-state index in [1.54, 1.807) is 24.1 Å². The second-order valence-corrected chi connectivity index (χ2v) is 5.96. The van der Waals surface area contributed by atoms with Gasteiger partial charge in [0.15, 0.2) is 11.7 Å². The van der Waals surface area contributed by atoms with E-state index >= 15 is 0 Å². The molecule has 9 heteroatoms. The van der Waals surface area contributed by atoms with Gasteiger partial charge in [0.25, 0.3) is 5.91 Å². The van der Waals surface area contributed by atoms with E-state index in [4.69, 9.17) is 21.7 Å². The minimum absolute atomic E-state index is 0.0179. The normalized spacial score (nSPS) is 14.2. The number of hydrogen-bond donors (Lipinski definition) is 3. The SMILES string of the molecule is COC[C@@H](C)NC(=S)NNC(=O)CCN1C(=O)COc2ccccc21. The Labute approximate surface area is 151 Å². The average molecular weight is 366 g/mol. The van der Waals surface area contributed by atoms with Crippen molar-refractivity contribution in [2.45, 2.75) is 19.4 Å². The van der Waals surface area contributed by atoms with Crippen molar-refractivity contribution in [2.24, 2.45) is 0 Å². The molecule has 25 heavy (non-hydrogen) atoms. The number of anilines is 1. The van der Waals surface area contributed by atoms with Crippen LogP contribution in [-0.4, -0.2) is 49.8 Å². The number of ether oxygens (including phenoxy) is 2. The maximum Gasteiger partial charge on any atom is 0.265 e. The van der Waals surface area contributed by atoms with E-state index in [1.807, 2.05) is 19.1 Å². The lowest BCUT2D eigenvalue weighted by Gasteiger charge is -2.29. The van der Waals surface area contributed by atoms with Crippen molar-refractivity contribution in [1.82, 2.24) is 16.2 Å². The first-order valence-corrected chi connectivity index (χ1v) is 8.28. The molecule has 2 amide bonds. The zero-order valence-electron chi connectivity index (χ0n) is 14.2. The number of benzene rings is 1. The van der Waals surface area contributed by atoms with Gasteiger partial charge in [-0.3, -0.25) is 20.4 Å². The highest BCUT2D eigenvalue weighted by Gasteiger charge is 2.25. The summed E-state index contributed by atoms with van der Waals surface area (Å²) in [6, 6.07) is 7.26. The third kappa shape index (κ3) is 5.57. The number of carbonyl (C=O) groups is 2. The molecule has 0 fully saturated rings. The molecule has 2 rings (SSSR count). The number of para-hydroxylation sites is 2. The van der Waals surface area contributed by atoms with E-state index in [1.165, 1.54) is 0 Å². The minimum atomic E-state index is -0.277.